The molecule has 0 bridgehead atoms. The molecule has 0 aliphatic rings. The van der Waals surface area contributed by atoms with Crippen LogP contribution in [0.1, 0.15) is 5.56 Å². The molecule has 0 heterocycles. The van der Waals surface area contributed by atoms with E-state index in [2.05, 4.69) is 10.5 Å². The highest BCUT2D eigenvalue weighted by Gasteiger charge is 2.29. The largest absolute Gasteiger partial charge is 0.495 e. The molecular formula is C22H20N4O6S. The fourth-order valence-corrected chi connectivity index (χ4v) is 4.37. The molecule has 0 fully saturated rings. The Labute approximate surface area is 190 Å². The summed E-state index contributed by atoms with van der Waals surface area (Å²) in [5, 5.41) is 14.7. The second kappa shape index (κ2) is 10.4. The zero-order valence-corrected chi connectivity index (χ0v) is 18.3. The standard InChI is InChI=1S/C22H20N4O6S/c1-32-21-13-6-5-12-20(21)25(33(30,31)19-10-3-2-4-11-19)16-22(27)24-23-15-17-8-7-9-18(14-17)26(28)29/h2-15H,16H2,1H3,(H,24,27)/b23-15-. The number of carbonyl (C=O) groups is 1. The summed E-state index contributed by atoms with van der Waals surface area (Å²) in [5.74, 6) is -0.452. The van der Waals surface area contributed by atoms with Crippen LogP contribution < -0.4 is 14.5 Å². The van der Waals surface area contributed by atoms with Crippen LogP contribution in [0.3, 0.4) is 0 Å². The lowest BCUT2D eigenvalue weighted by molar-refractivity contribution is -0.384. The van der Waals surface area contributed by atoms with E-state index < -0.39 is 27.4 Å². The average Bonchev–Trinajstić information content (AvgIpc) is 2.83. The van der Waals surface area contributed by atoms with E-state index in [4.69, 9.17) is 4.74 Å². The molecule has 0 saturated carbocycles. The fourth-order valence-electron chi connectivity index (χ4n) is 2.92. The first-order valence-electron chi connectivity index (χ1n) is 9.60. The van der Waals surface area contributed by atoms with Gasteiger partial charge in [0.15, 0.2) is 0 Å². The number of hydrogen-bond donors (Lipinski definition) is 1. The Hall–Kier alpha value is -4.25. The van der Waals surface area contributed by atoms with Crippen LogP contribution in [0, 0.1) is 10.1 Å². The predicted molar refractivity (Wildman–Crippen MR) is 123 cm³/mol. The average molecular weight is 468 g/mol. The van der Waals surface area contributed by atoms with Crippen molar-refractivity contribution in [1.29, 1.82) is 0 Å². The van der Waals surface area contributed by atoms with E-state index in [1.165, 1.54) is 49.7 Å². The molecule has 11 heteroatoms. The predicted octanol–water partition coefficient (Wildman–Crippen LogP) is 2.95. The first-order valence-corrected chi connectivity index (χ1v) is 11.0. The van der Waals surface area contributed by atoms with E-state index in [9.17, 15) is 23.3 Å². The van der Waals surface area contributed by atoms with Crippen LogP contribution in [0.2, 0.25) is 0 Å². The number of para-hydroxylation sites is 2. The number of anilines is 1. The van der Waals surface area contributed by atoms with Gasteiger partial charge in [0.05, 0.1) is 28.8 Å². The molecule has 3 aromatic rings. The van der Waals surface area contributed by atoms with Crippen LogP contribution >= 0.6 is 0 Å². The maximum absolute atomic E-state index is 13.3. The van der Waals surface area contributed by atoms with Crippen molar-refractivity contribution in [3.63, 3.8) is 0 Å². The summed E-state index contributed by atoms with van der Waals surface area (Å²) in [5.41, 5.74) is 2.71. The highest BCUT2D eigenvalue weighted by Crippen LogP contribution is 2.32. The van der Waals surface area contributed by atoms with Gasteiger partial charge >= 0.3 is 0 Å². The molecule has 0 spiro atoms. The maximum atomic E-state index is 13.3. The Morgan fingerprint density at radius 3 is 2.48 bits per heavy atom. The van der Waals surface area contributed by atoms with E-state index in [1.807, 2.05) is 0 Å². The van der Waals surface area contributed by atoms with Gasteiger partial charge < -0.3 is 4.74 Å². The van der Waals surface area contributed by atoms with Gasteiger partial charge in [-0.05, 0) is 24.3 Å². The van der Waals surface area contributed by atoms with Crippen LogP contribution in [-0.2, 0) is 14.8 Å². The minimum absolute atomic E-state index is 0.00352. The Balaban J connectivity index is 1.85. The monoisotopic (exact) mass is 468 g/mol. The van der Waals surface area contributed by atoms with Crippen molar-refractivity contribution in [3.8, 4) is 5.75 Å². The first-order chi connectivity index (χ1) is 15.8. The Kier molecular flexibility index (Phi) is 7.36. The SMILES string of the molecule is COc1ccccc1N(CC(=O)N/N=C\c1cccc([N+](=O)[O-])c1)S(=O)(=O)c1ccccc1. The highest BCUT2D eigenvalue weighted by molar-refractivity contribution is 7.92. The van der Waals surface area contributed by atoms with Crippen LogP contribution in [0.25, 0.3) is 0 Å². The molecule has 0 aromatic heterocycles. The van der Waals surface area contributed by atoms with E-state index in [0.717, 1.165) is 4.31 Å². The van der Waals surface area contributed by atoms with Crippen LogP contribution in [0.15, 0.2) is 88.9 Å². The third-order valence-corrected chi connectivity index (χ3v) is 6.23. The molecule has 1 amide bonds. The van der Waals surface area contributed by atoms with Crippen molar-refractivity contribution in [2.75, 3.05) is 18.0 Å². The Morgan fingerprint density at radius 2 is 1.79 bits per heavy atom. The Morgan fingerprint density at radius 1 is 1.09 bits per heavy atom. The van der Waals surface area contributed by atoms with Gasteiger partial charge in [-0.2, -0.15) is 5.10 Å². The zero-order chi connectivity index (χ0) is 23.8. The molecule has 0 radical (unpaired) electrons. The Bertz CT molecular complexity index is 1280. The molecule has 170 valence electrons. The number of nitrogens with zero attached hydrogens (tertiary/aromatic N) is 3. The number of nitrogens with one attached hydrogen (secondary N) is 1. The number of non-ortho nitro benzene ring substituents is 1. The molecule has 0 unspecified atom stereocenters. The smallest absolute Gasteiger partial charge is 0.270 e. The second-order valence-corrected chi connectivity index (χ2v) is 8.50. The number of methoxy groups -OCH3 is 1. The number of benzene rings is 3. The fraction of sp³-hybridized carbons (Fsp3) is 0.0909. The van der Waals surface area contributed by atoms with E-state index in [1.54, 1.807) is 42.5 Å². The molecular weight excluding hydrogens is 448 g/mol. The molecule has 33 heavy (non-hydrogen) atoms. The van der Waals surface area contributed by atoms with Crippen molar-refractivity contribution in [2.45, 2.75) is 4.90 Å². The molecule has 0 atom stereocenters. The normalized spacial score (nSPS) is 11.2. The van der Waals surface area contributed by atoms with Crippen molar-refractivity contribution in [3.05, 3.63) is 94.5 Å². The number of amides is 1. The molecule has 1 N–H and O–H groups in total. The summed E-state index contributed by atoms with van der Waals surface area (Å²) in [6.45, 7) is -0.579. The number of nitro groups is 1. The van der Waals surface area contributed by atoms with Gasteiger partial charge in [0.1, 0.15) is 12.3 Å². The minimum atomic E-state index is -4.11. The quantitative estimate of drug-likeness (QED) is 0.292. The highest BCUT2D eigenvalue weighted by atomic mass is 32.2. The first kappa shape index (κ1) is 23.4. The number of carbonyl (C=O) groups excluding carboxylic acids is 1. The number of sulfonamides is 1. The van der Waals surface area contributed by atoms with Gasteiger partial charge in [-0.25, -0.2) is 13.8 Å². The van der Waals surface area contributed by atoms with E-state index >= 15 is 0 Å². The molecule has 0 aliphatic carbocycles. The molecule has 3 rings (SSSR count). The lowest BCUT2D eigenvalue weighted by Gasteiger charge is -2.25. The minimum Gasteiger partial charge on any atom is -0.495 e. The number of hydrogen-bond acceptors (Lipinski definition) is 7. The summed E-state index contributed by atoms with van der Waals surface area (Å²) in [6.07, 6.45) is 1.23. The van der Waals surface area contributed by atoms with E-state index in [-0.39, 0.29) is 22.0 Å². The van der Waals surface area contributed by atoms with Gasteiger partial charge in [0.2, 0.25) is 0 Å². The molecule has 3 aromatic carbocycles. The van der Waals surface area contributed by atoms with E-state index in [0.29, 0.717) is 5.56 Å². The van der Waals surface area contributed by atoms with Gasteiger partial charge in [-0.15, -0.1) is 0 Å². The number of rotatable bonds is 9. The van der Waals surface area contributed by atoms with Gasteiger partial charge in [-0.3, -0.25) is 19.2 Å². The van der Waals surface area contributed by atoms with Gasteiger partial charge in [0, 0.05) is 17.7 Å². The molecule has 0 aliphatic heterocycles. The van der Waals surface area contributed by atoms with Crippen molar-refractivity contribution in [1.82, 2.24) is 5.43 Å². The summed E-state index contributed by atoms with van der Waals surface area (Å²) in [4.78, 5) is 22.9. The van der Waals surface area contributed by atoms with Crippen LogP contribution in [0.4, 0.5) is 11.4 Å². The lowest BCUT2D eigenvalue weighted by atomic mass is 10.2. The number of hydrazone groups is 1. The van der Waals surface area contributed by atoms with Crippen LogP contribution in [0.5, 0.6) is 5.75 Å². The lowest BCUT2D eigenvalue weighted by Crippen LogP contribution is -2.39. The van der Waals surface area contributed by atoms with Gasteiger partial charge in [-0.1, -0.05) is 42.5 Å². The molecule has 10 nitrogen and oxygen atoms in total. The third kappa shape index (κ3) is 5.71. The summed E-state index contributed by atoms with van der Waals surface area (Å²) >= 11 is 0. The van der Waals surface area contributed by atoms with Crippen molar-refractivity contribution >= 4 is 33.5 Å². The number of ether oxygens (including phenoxy) is 1. The zero-order valence-electron chi connectivity index (χ0n) is 17.5. The summed E-state index contributed by atoms with van der Waals surface area (Å²) in [6, 6.07) is 19.8. The van der Waals surface area contributed by atoms with Gasteiger partial charge in [0.25, 0.3) is 21.6 Å². The van der Waals surface area contributed by atoms with Crippen molar-refractivity contribution in [2.24, 2.45) is 5.10 Å². The van der Waals surface area contributed by atoms with Crippen LogP contribution in [-0.4, -0.2) is 39.1 Å². The van der Waals surface area contributed by atoms with Crippen molar-refractivity contribution < 1.29 is 22.9 Å². The topological polar surface area (TPSA) is 131 Å². The second-order valence-electron chi connectivity index (χ2n) is 6.64. The molecule has 0 saturated heterocycles. The third-order valence-electron chi connectivity index (χ3n) is 4.46. The number of nitro benzene ring substituents is 1. The summed E-state index contributed by atoms with van der Waals surface area (Å²) < 4.78 is 32.9. The maximum Gasteiger partial charge on any atom is 0.270 e. The summed E-state index contributed by atoms with van der Waals surface area (Å²) in [7, 11) is -2.71.